The van der Waals surface area contributed by atoms with Gasteiger partial charge in [0.05, 0.1) is 11.4 Å². The van der Waals surface area contributed by atoms with Crippen molar-refractivity contribution >= 4 is 23.2 Å². The van der Waals surface area contributed by atoms with Crippen LogP contribution in [0.3, 0.4) is 0 Å². The quantitative estimate of drug-likeness (QED) is 0.529. The van der Waals surface area contributed by atoms with Crippen molar-refractivity contribution in [1.82, 2.24) is 9.78 Å². The van der Waals surface area contributed by atoms with Crippen molar-refractivity contribution in [2.24, 2.45) is 0 Å². The van der Waals surface area contributed by atoms with Gasteiger partial charge in [0.25, 0.3) is 5.91 Å². The van der Waals surface area contributed by atoms with Gasteiger partial charge in [-0.1, -0.05) is 29.8 Å². The molecule has 0 spiro atoms. The number of rotatable bonds is 3. The molecule has 3 rings (SSSR count). The Bertz CT molecular complexity index is 979. The molecule has 0 unspecified atom stereocenters. The standard InChI is InChI=1S/C17H10ClF4N3O/c1-8-12(16(18)25(24-8)9-5-3-2-4-6-9)17(26)23-15-13(21)10(19)7-11(20)14(15)22/h2-7H,1H3,(H,23,26). The van der Waals surface area contributed by atoms with Gasteiger partial charge < -0.3 is 5.32 Å². The first-order valence-corrected chi connectivity index (χ1v) is 7.64. The molecule has 0 bridgehead atoms. The average Bonchev–Trinajstić information content (AvgIpc) is 2.92. The van der Waals surface area contributed by atoms with E-state index in [1.54, 1.807) is 30.3 Å². The van der Waals surface area contributed by atoms with E-state index in [1.807, 2.05) is 5.32 Å². The molecule has 1 aromatic heterocycles. The summed E-state index contributed by atoms with van der Waals surface area (Å²) in [5.41, 5.74) is -0.711. The molecule has 0 aliphatic carbocycles. The summed E-state index contributed by atoms with van der Waals surface area (Å²) in [5.74, 6) is -7.77. The van der Waals surface area contributed by atoms with Crippen molar-refractivity contribution in [3.63, 3.8) is 0 Å². The number of hydrogen-bond acceptors (Lipinski definition) is 2. The van der Waals surface area contributed by atoms with Crippen molar-refractivity contribution in [1.29, 1.82) is 0 Å². The zero-order valence-electron chi connectivity index (χ0n) is 13.2. The van der Waals surface area contributed by atoms with E-state index in [-0.39, 0.29) is 22.5 Å². The molecular formula is C17H10ClF4N3O. The van der Waals surface area contributed by atoms with Crippen molar-refractivity contribution in [3.8, 4) is 5.69 Å². The largest absolute Gasteiger partial charge is 0.317 e. The Morgan fingerprint density at radius 1 is 1.08 bits per heavy atom. The van der Waals surface area contributed by atoms with Crippen LogP contribution in [0.25, 0.3) is 5.69 Å². The molecule has 2 aromatic carbocycles. The van der Waals surface area contributed by atoms with E-state index in [2.05, 4.69) is 5.10 Å². The molecule has 3 aromatic rings. The van der Waals surface area contributed by atoms with Gasteiger partial charge in [-0.05, 0) is 19.1 Å². The smallest absolute Gasteiger partial charge is 0.260 e. The van der Waals surface area contributed by atoms with E-state index >= 15 is 0 Å². The van der Waals surface area contributed by atoms with Gasteiger partial charge in [-0.2, -0.15) is 5.10 Å². The normalized spacial score (nSPS) is 10.8. The van der Waals surface area contributed by atoms with Crippen LogP contribution in [-0.4, -0.2) is 15.7 Å². The second-order valence-electron chi connectivity index (χ2n) is 5.30. The van der Waals surface area contributed by atoms with Crippen molar-refractivity contribution in [3.05, 3.63) is 76.1 Å². The van der Waals surface area contributed by atoms with Gasteiger partial charge in [0.1, 0.15) is 16.4 Å². The molecule has 0 aliphatic heterocycles. The second-order valence-corrected chi connectivity index (χ2v) is 5.65. The number of benzene rings is 2. The van der Waals surface area contributed by atoms with Crippen molar-refractivity contribution in [2.75, 3.05) is 5.32 Å². The minimum absolute atomic E-state index is 0.0476. The molecule has 4 nitrogen and oxygen atoms in total. The van der Waals surface area contributed by atoms with Crippen LogP contribution in [-0.2, 0) is 0 Å². The number of amides is 1. The van der Waals surface area contributed by atoms with Gasteiger partial charge in [0, 0.05) is 6.07 Å². The minimum Gasteiger partial charge on any atom is -0.317 e. The van der Waals surface area contributed by atoms with Gasteiger partial charge in [0.15, 0.2) is 23.3 Å². The molecule has 0 saturated carbocycles. The monoisotopic (exact) mass is 383 g/mol. The highest BCUT2D eigenvalue weighted by atomic mass is 35.5. The number of carbonyl (C=O) groups excluding carboxylic acids is 1. The Morgan fingerprint density at radius 3 is 2.23 bits per heavy atom. The average molecular weight is 384 g/mol. The number of anilines is 1. The molecule has 0 saturated heterocycles. The number of nitrogens with one attached hydrogen (secondary N) is 1. The lowest BCUT2D eigenvalue weighted by Gasteiger charge is -2.09. The fraction of sp³-hybridized carbons (Fsp3) is 0.0588. The van der Waals surface area contributed by atoms with Crippen LogP contribution in [0.2, 0.25) is 5.15 Å². The SMILES string of the molecule is Cc1nn(-c2ccccc2)c(Cl)c1C(=O)Nc1c(F)c(F)cc(F)c1F. The summed E-state index contributed by atoms with van der Waals surface area (Å²) in [7, 11) is 0. The third-order valence-electron chi connectivity index (χ3n) is 3.58. The summed E-state index contributed by atoms with van der Waals surface area (Å²) in [5, 5.41) is 5.81. The van der Waals surface area contributed by atoms with Crippen LogP contribution >= 0.6 is 11.6 Å². The lowest BCUT2D eigenvalue weighted by atomic mass is 10.2. The first-order chi connectivity index (χ1) is 12.3. The molecule has 9 heteroatoms. The minimum atomic E-state index is -1.72. The van der Waals surface area contributed by atoms with E-state index in [1.165, 1.54) is 11.6 Å². The molecule has 0 radical (unpaired) electrons. The van der Waals surface area contributed by atoms with E-state index in [9.17, 15) is 22.4 Å². The summed E-state index contributed by atoms with van der Waals surface area (Å²) in [6.45, 7) is 1.46. The van der Waals surface area contributed by atoms with E-state index in [0.29, 0.717) is 5.69 Å². The summed E-state index contributed by atoms with van der Waals surface area (Å²) in [4.78, 5) is 12.4. The van der Waals surface area contributed by atoms with Crippen LogP contribution in [0.4, 0.5) is 23.2 Å². The summed E-state index contributed by atoms with van der Waals surface area (Å²) < 4.78 is 55.3. The Kier molecular flexibility index (Phi) is 4.69. The number of para-hydroxylation sites is 1. The Labute approximate surface area is 150 Å². The van der Waals surface area contributed by atoms with Gasteiger partial charge >= 0.3 is 0 Å². The van der Waals surface area contributed by atoms with Crippen LogP contribution in [0.5, 0.6) is 0 Å². The summed E-state index contributed by atoms with van der Waals surface area (Å²) in [6, 6.07) is 8.63. The summed E-state index contributed by atoms with van der Waals surface area (Å²) >= 11 is 6.17. The number of aromatic nitrogens is 2. The Hall–Kier alpha value is -2.87. The molecule has 0 aliphatic rings. The third kappa shape index (κ3) is 3.03. The number of nitrogens with zero attached hydrogens (tertiary/aromatic N) is 2. The molecular weight excluding hydrogens is 374 g/mol. The predicted octanol–water partition coefficient (Wildman–Crippen LogP) is 4.64. The highest BCUT2D eigenvalue weighted by Gasteiger charge is 2.25. The number of aryl methyl sites for hydroxylation is 1. The highest BCUT2D eigenvalue weighted by Crippen LogP contribution is 2.28. The molecule has 26 heavy (non-hydrogen) atoms. The van der Waals surface area contributed by atoms with Crippen LogP contribution in [0.15, 0.2) is 36.4 Å². The molecule has 1 N–H and O–H groups in total. The molecule has 134 valence electrons. The van der Waals surface area contributed by atoms with Crippen LogP contribution in [0, 0.1) is 30.2 Å². The maximum atomic E-state index is 13.7. The predicted molar refractivity (Wildman–Crippen MR) is 87.5 cm³/mol. The molecule has 0 atom stereocenters. The van der Waals surface area contributed by atoms with Gasteiger partial charge in [-0.3, -0.25) is 4.79 Å². The molecule has 1 amide bonds. The lowest BCUT2D eigenvalue weighted by molar-refractivity contribution is 0.102. The van der Waals surface area contributed by atoms with E-state index in [4.69, 9.17) is 11.6 Å². The van der Waals surface area contributed by atoms with Gasteiger partial charge in [-0.15, -0.1) is 0 Å². The second kappa shape index (κ2) is 6.80. The Balaban J connectivity index is 2.02. The number of hydrogen-bond donors (Lipinski definition) is 1. The maximum absolute atomic E-state index is 13.7. The zero-order valence-corrected chi connectivity index (χ0v) is 13.9. The molecule has 0 fully saturated rings. The Morgan fingerprint density at radius 2 is 1.65 bits per heavy atom. The topological polar surface area (TPSA) is 46.9 Å². The molecule has 1 heterocycles. The fourth-order valence-electron chi connectivity index (χ4n) is 2.36. The van der Waals surface area contributed by atoms with E-state index in [0.717, 1.165) is 0 Å². The van der Waals surface area contributed by atoms with Gasteiger partial charge in [0.2, 0.25) is 0 Å². The van der Waals surface area contributed by atoms with Crippen molar-refractivity contribution in [2.45, 2.75) is 6.92 Å². The fourth-order valence-corrected chi connectivity index (χ4v) is 2.71. The highest BCUT2D eigenvalue weighted by molar-refractivity contribution is 6.34. The zero-order chi connectivity index (χ0) is 19.0. The van der Waals surface area contributed by atoms with Gasteiger partial charge in [-0.25, -0.2) is 22.2 Å². The van der Waals surface area contributed by atoms with Crippen LogP contribution in [0.1, 0.15) is 16.1 Å². The third-order valence-corrected chi connectivity index (χ3v) is 3.93. The van der Waals surface area contributed by atoms with E-state index < -0.39 is 34.9 Å². The first-order valence-electron chi connectivity index (χ1n) is 7.26. The van der Waals surface area contributed by atoms with Crippen LogP contribution < -0.4 is 5.32 Å². The first kappa shape index (κ1) is 17.9. The summed E-state index contributed by atoms with van der Waals surface area (Å²) in [6.07, 6.45) is 0. The lowest BCUT2D eigenvalue weighted by Crippen LogP contribution is -2.16. The number of halogens is 5. The maximum Gasteiger partial charge on any atom is 0.260 e. The number of carbonyl (C=O) groups is 1. The van der Waals surface area contributed by atoms with Crippen molar-refractivity contribution < 1.29 is 22.4 Å².